The molecule has 0 bridgehead atoms. The molecule has 0 aromatic carbocycles. The van der Waals surface area contributed by atoms with Crippen LogP contribution in [0, 0.1) is 6.92 Å². The highest BCUT2D eigenvalue weighted by molar-refractivity contribution is 5.31. The predicted octanol–water partition coefficient (Wildman–Crippen LogP) is 2.29. The van der Waals surface area contributed by atoms with Gasteiger partial charge in [-0.1, -0.05) is 6.07 Å². The van der Waals surface area contributed by atoms with Crippen LogP contribution in [0.1, 0.15) is 24.2 Å². The van der Waals surface area contributed by atoms with Crippen LogP contribution in [0.4, 0.5) is 5.95 Å². The summed E-state index contributed by atoms with van der Waals surface area (Å²) in [5.74, 6) is 0.795. The summed E-state index contributed by atoms with van der Waals surface area (Å²) in [6.45, 7) is 4.06. The van der Waals surface area contributed by atoms with Crippen molar-refractivity contribution < 1.29 is 0 Å². The van der Waals surface area contributed by atoms with E-state index < -0.39 is 0 Å². The van der Waals surface area contributed by atoms with Crippen molar-refractivity contribution in [2.45, 2.75) is 19.9 Å². The van der Waals surface area contributed by atoms with Crippen LogP contribution in [0.15, 0.2) is 30.7 Å². The molecule has 0 aliphatic carbocycles. The molecule has 15 heavy (non-hydrogen) atoms. The third-order valence-corrected chi connectivity index (χ3v) is 2.24. The molecule has 4 nitrogen and oxygen atoms in total. The van der Waals surface area contributed by atoms with Gasteiger partial charge < -0.3 is 10.3 Å². The SMILES string of the molecule is Cc1cnc(NC(C)c2cccnc2)[nH]1. The average Bonchev–Trinajstić information content (AvgIpc) is 2.65. The second-order valence-electron chi connectivity index (χ2n) is 3.57. The van der Waals surface area contributed by atoms with Crippen LogP contribution in [0.25, 0.3) is 0 Å². The molecule has 0 aliphatic rings. The normalized spacial score (nSPS) is 12.4. The van der Waals surface area contributed by atoms with E-state index in [0.29, 0.717) is 0 Å². The molecular formula is C11H14N4. The van der Waals surface area contributed by atoms with E-state index in [9.17, 15) is 0 Å². The molecule has 2 heterocycles. The van der Waals surface area contributed by atoms with Crippen molar-refractivity contribution in [3.8, 4) is 0 Å². The third kappa shape index (κ3) is 2.34. The minimum Gasteiger partial charge on any atom is -0.349 e. The molecule has 2 N–H and O–H groups in total. The van der Waals surface area contributed by atoms with E-state index in [1.807, 2.05) is 25.3 Å². The number of nitrogens with one attached hydrogen (secondary N) is 2. The Labute approximate surface area is 88.8 Å². The number of aryl methyl sites for hydroxylation is 1. The maximum Gasteiger partial charge on any atom is 0.200 e. The van der Waals surface area contributed by atoms with Crippen LogP contribution >= 0.6 is 0 Å². The summed E-state index contributed by atoms with van der Waals surface area (Å²) < 4.78 is 0. The van der Waals surface area contributed by atoms with Crippen molar-refractivity contribution in [3.63, 3.8) is 0 Å². The minimum atomic E-state index is 0.198. The molecule has 2 rings (SSSR count). The van der Waals surface area contributed by atoms with Gasteiger partial charge in [-0.25, -0.2) is 4.98 Å². The van der Waals surface area contributed by atoms with Crippen molar-refractivity contribution in [1.82, 2.24) is 15.0 Å². The van der Waals surface area contributed by atoms with Crippen molar-refractivity contribution in [1.29, 1.82) is 0 Å². The quantitative estimate of drug-likeness (QED) is 0.802. The first-order chi connectivity index (χ1) is 7.25. The highest BCUT2D eigenvalue weighted by Crippen LogP contribution is 2.15. The second-order valence-corrected chi connectivity index (χ2v) is 3.57. The topological polar surface area (TPSA) is 53.6 Å². The number of anilines is 1. The number of aromatic nitrogens is 3. The Kier molecular flexibility index (Phi) is 2.67. The first-order valence-corrected chi connectivity index (χ1v) is 4.94. The summed E-state index contributed by atoms with van der Waals surface area (Å²) in [6.07, 6.45) is 5.43. The molecule has 1 unspecified atom stereocenters. The van der Waals surface area contributed by atoms with Crippen LogP contribution < -0.4 is 5.32 Å². The van der Waals surface area contributed by atoms with E-state index in [4.69, 9.17) is 0 Å². The first-order valence-electron chi connectivity index (χ1n) is 4.94. The van der Waals surface area contributed by atoms with Gasteiger partial charge in [0.2, 0.25) is 5.95 Å². The summed E-state index contributed by atoms with van der Waals surface area (Å²) in [4.78, 5) is 11.4. The number of pyridine rings is 1. The summed E-state index contributed by atoms with van der Waals surface area (Å²) in [5, 5.41) is 3.27. The van der Waals surface area contributed by atoms with Gasteiger partial charge in [0.05, 0.1) is 6.04 Å². The third-order valence-electron chi connectivity index (χ3n) is 2.24. The van der Waals surface area contributed by atoms with Crippen LogP contribution in [0.5, 0.6) is 0 Å². The predicted molar refractivity (Wildman–Crippen MR) is 59.6 cm³/mol. The highest BCUT2D eigenvalue weighted by atomic mass is 15.1. The van der Waals surface area contributed by atoms with Crippen molar-refractivity contribution in [2.75, 3.05) is 5.32 Å². The molecule has 0 saturated carbocycles. The standard InChI is InChI=1S/C11H14N4/c1-8-6-13-11(14-8)15-9(2)10-4-3-5-12-7-10/h3-7,9H,1-2H3,(H2,13,14,15). The zero-order valence-electron chi connectivity index (χ0n) is 8.86. The van der Waals surface area contributed by atoms with Crippen LogP contribution in [0.2, 0.25) is 0 Å². The Hall–Kier alpha value is -1.84. The molecule has 0 amide bonds. The fourth-order valence-electron chi connectivity index (χ4n) is 1.41. The molecule has 2 aromatic rings. The largest absolute Gasteiger partial charge is 0.349 e. The van der Waals surface area contributed by atoms with Gasteiger partial charge in [-0.3, -0.25) is 4.98 Å². The molecule has 0 fully saturated rings. The summed E-state index contributed by atoms with van der Waals surface area (Å²) in [7, 11) is 0. The Morgan fingerprint density at radius 2 is 2.27 bits per heavy atom. The molecular weight excluding hydrogens is 188 g/mol. The first kappa shape index (κ1) is 9.71. The van der Waals surface area contributed by atoms with Gasteiger partial charge in [0.15, 0.2) is 0 Å². The lowest BCUT2D eigenvalue weighted by Gasteiger charge is -2.12. The van der Waals surface area contributed by atoms with Crippen LogP contribution in [0.3, 0.4) is 0 Å². The lowest BCUT2D eigenvalue weighted by molar-refractivity contribution is 0.859. The van der Waals surface area contributed by atoms with E-state index in [1.54, 1.807) is 12.4 Å². The monoisotopic (exact) mass is 202 g/mol. The van der Waals surface area contributed by atoms with Crippen molar-refractivity contribution >= 4 is 5.95 Å². The molecule has 2 aromatic heterocycles. The summed E-state index contributed by atoms with van der Waals surface area (Å²) in [6, 6.07) is 4.17. The van der Waals surface area contributed by atoms with Gasteiger partial charge in [0, 0.05) is 24.3 Å². The zero-order valence-corrected chi connectivity index (χ0v) is 8.86. The Morgan fingerprint density at radius 1 is 1.40 bits per heavy atom. The molecule has 4 heteroatoms. The number of imidazole rings is 1. The Bertz CT molecular complexity index is 421. The number of nitrogens with zero attached hydrogens (tertiary/aromatic N) is 2. The van der Waals surface area contributed by atoms with E-state index in [2.05, 4.69) is 27.2 Å². The van der Waals surface area contributed by atoms with Gasteiger partial charge in [-0.2, -0.15) is 0 Å². The number of hydrogen-bond acceptors (Lipinski definition) is 3. The smallest absolute Gasteiger partial charge is 0.200 e. The molecule has 78 valence electrons. The highest BCUT2D eigenvalue weighted by Gasteiger charge is 2.06. The van der Waals surface area contributed by atoms with Gasteiger partial charge in [0.25, 0.3) is 0 Å². The van der Waals surface area contributed by atoms with E-state index in [1.165, 1.54) is 0 Å². The van der Waals surface area contributed by atoms with E-state index in [0.717, 1.165) is 17.2 Å². The minimum absolute atomic E-state index is 0.198. The number of rotatable bonds is 3. The fourth-order valence-corrected chi connectivity index (χ4v) is 1.41. The summed E-state index contributed by atoms with van der Waals surface area (Å²) >= 11 is 0. The molecule has 0 spiro atoms. The number of hydrogen-bond donors (Lipinski definition) is 2. The van der Waals surface area contributed by atoms with E-state index >= 15 is 0 Å². The zero-order chi connectivity index (χ0) is 10.7. The maximum atomic E-state index is 4.19. The van der Waals surface area contributed by atoms with Gasteiger partial charge in [-0.05, 0) is 25.5 Å². The molecule has 0 radical (unpaired) electrons. The Balaban J connectivity index is 2.07. The van der Waals surface area contributed by atoms with Crippen LogP contribution in [-0.4, -0.2) is 15.0 Å². The fraction of sp³-hybridized carbons (Fsp3) is 0.273. The number of aromatic amines is 1. The molecule has 0 saturated heterocycles. The summed E-state index contributed by atoms with van der Waals surface area (Å²) in [5.41, 5.74) is 2.20. The van der Waals surface area contributed by atoms with E-state index in [-0.39, 0.29) is 6.04 Å². The van der Waals surface area contributed by atoms with Crippen molar-refractivity contribution in [2.24, 2.45) is 0 Å². The Morgan fingerprint density at radius 3 is 2.87 bits per heavy atom. The maximum absolute atomic E-state index is 4.19. The molecule has 1 atom stereocenters. The molecule has 0 aliphatic heterocycles. The van der Waals surface area contributed by atoms with Gasteiger partial charge in [-0.15, -0.1) is 0 Å². The van der Waals surface area contributed by atoms with Crippen LogP contribution in [-0.2, 0) is 0 Å². The second kappa shape index (κ2) is 4.13. The lowest BCUT2D eigenvalue weighted by Crippen LogP contribution is -2.07. The van der Waals surface area contributed by atoms with Crippen molar-refractivity contribution in [3.05, 3.63) is 42.0 Å². The van der Waals surface area contributed by atoms with Gasteiger partial charge >= 0.3 is 0 Å². The van der Waals surface area contributed by atoms with Gasteiger partial charge in [0.1, 0.15) is 0 Å². The number of H-pyrrole nitrogens is 1. The lowest BCUT2D eigenvalue weighted by atomic mass is 10.1. The average molecular weight is 202 g/mol.